The summed E-state index contributed by atoms with van der Waals surface area (Å²) in [4.78, 5) is 11.9. The number of hydrogen-bond acceptors (Lipinski definition) is 12. The number of aromatic nitrogens is 4. The largest absolute Gasteiger partial charge is 1.00 e. The van der Waals surface area contributed by atoms with E-state index in [1.807, 2.05) is 0 Å². The molecule has 0 aliphatic carbocycles. The maximum Gasteiger partial charge on any atom is 1.00 e. The number of nitrogens with one attached hydrogen (secondary N) is 2. The Morgan fingerprint density at radius 3 is 1.57 bits per heavy atom. The summed E-state index contributed by atoms with van der Waals surface area (Å²) in [6.07, 6.45) is 0. The minimum absolute atomic E-state index is 0. The fourth-order valence-corrected chi connectivity index (χ4v) is 5.50. The van der Waals surface area contributed by atoms with Gasteiger partial charge in [0.05, 0.1) is 10.4 Å². The van der Waals surface area contributed by atoms with Crippen LogP contribution in [0.3, 0.4) is 0 Å². The van der Waals surface area contributed by atoms with Gasteiger partial charge in [-0.1, -0.05) is 24.3 Å². The predicted molar refractivity (Wildman–Crippen MR) is 133 cm³/mol. The van der Waals surface area contributed by atoms with Crippen LogP contribution in [0.15, 0.2) is 63.2 Å². The Morgan fingerprint density at radius 1 is 0.714 bits per heavy atom. The molecule has 5 rings (SSSR count). The molecule has 0 saturated heterocycles. The number of nitrogens with zero attached hydrogens (tertiary/aromatic N) is 2. The molecule has 42 heavy (non-hydrogen) atoms. The van der Waals surface area contributed by atoms with Gasteiger partial charge < -0.3 is 14.5 Å². The molecule has 0 unspecified atom stereocenters. The van der Waals surface area contributed by atoms with E-state index in [0.717, 1.165) is 12.1 Å². The van der Waals surface area contributed by atoms with Gasteiger partial charge in [0.1, 0.15) is 32.2 Å². The number of hydrogen-bond donors (Lipinski definition) is 4. The molecule has 0 amide bonds. The third kappa shape index (κ3) is 8.11. The molecule has 0 spiro atoms. The predicted octanol–water partition coefficient (Wildman–Crippen LogP) is -5.03. The second-order valence-electron chi connectivity index (χ2n) is 7.76. The second kappa shape index (κ2) is 13.3. The SMILES string of the molecule is O=S(=O)([O-])c1cc(S(=O)(=O)O)c2nc(-c3ccc(-c4nc5c(S(=O)(=O)O)c[c-]cc5[nH]4)cc3)[nH]c2c1.O=S(=O)=O.[Na+].[Na+]. The van der Waals surface area contributed by atoms with Crippen molar-refractivity contribution in [2.24, 2.45) is 0 Å². The minimum atomic E-state index is -5.03. The Kier molecular flexibility index (Phi) is 11.4. The van der Waals surface area contributed by atoms with Crippen molar-refractivity contribution in [3.63, 3.8) is 0 Å². The first-order valence-electron chi connectivity index (χ1n) is 10.2. The maximum atomic E-state index is 11.8. The van der Waals surface area contributed by atoms with Crippen LogP contribution in [-0.2, 0) is 41.0 Å². The molecule has 0 saturated carbocycles. The molecule has 0 aliphatic rings. The number of rotatable bonds is 5. The molecule has 0 aliphatic heterocycles. The number of aromatic amines is 2. The van der Waals surface area contributed by atoms with Gasteiger partial charge in [-0.25, -0.2) is 21.8 Å². The summed E-state index contributed by atoms with van der Waals surface area (Å²) in [7, 11) is -17.6. The van der Waals surface area contributed by atoms with Gasteiger partial charge in [-0.3, -0.25) is 14.1 Å². The van der Waals surface area contributed by atoms with E-state index in [1.165, 1.54) is 6.07 Å². The van der Waals surface area contributed by atoms with Gasteiger partial charge in [0.25, 0.3) is 10.1 Å². The van der Waals surface area contributed by atoms with Gasteiger partial charge in [0, 0.05) is 21.5 Å². The van der Waals surface area contributed by atoms with Crippen LogP contribution < -0.4 is 59.1 Å². The van der Waals surface area contributed by atoms with Crippen LogP contribution >= 0.6 is 0 Å². The van der Waals surface area contributed by atoms with Gasteiger partial charge in [0.2, 0.25) is 10.1 Å². The van der Waals surface area contributed by atoms with Crippen molar-refractivity contribution in [2.45, 2.75) is 14.7 Å². The van der Waals surface area contributed by atoms with Gasteiger partial charge in [-0.15, -0.1) is 12.6 Å². The fraction of sp³-hybridized carbons (Fsp3) is 0. The number of fused-ring (bicyclic) bond motifs is 2. The zero-order valence-corrected chi connectivity index (χ0v) is 28.4. The molecule has 0 atom stereocenters. The van der Waals surface area contributed by atoms with Crippen molar-refractivity contribution in [2.75, 3.05) is 0 Å². The van der Waals surface area contributed by atoms with Gasteiger partial charge >= 0.3 is 69.7 Å². The summed E-state index contributed by atoms with van der Waals surface area (Å²) in [6, 6.07) is 12.9. The molecule has 2 heterocycles. The van der Waals surface area contributed by atoms with Crippen molar-refractivity contribution in [1.29, 1.82) is 0 Å². The average molecular weight is 675 g/mol. The van der Waals surface area contributed by atoms with Crippen LogP contribution in [0.2, 0.25) is 0 Å². The van der Waals surface area contributed by atoms with Crippen molar-refractivity contribution in [3.8, 4) is 22.8 Å². The van der Waals surface area contributed by atoms with Crippen molar-refractivity contribution >= 4 is 63.0 Å². The first-order valence-corrected chi connectivity index (χ1v) is 15.5. The molecule has 22 heteroatoms. The molecular formula is C20H12N4Na2O12S4. The van der Waals surface area contributed by atoms with Crippen molar-refractivity contribution < 1.29 is 111 Å². The van der Waals surface area contributed by atoms with E-state index in [-0.39, 0.29) is 87.3 Å². The van der Waals surface area contributed by atoms with Crippen LogP contribution in [0.1, 0.15) is 0 Å². The summed E-state index contributed by atoms with van der Waals surface area (Å²) in [5.74, 6) is 0.388. The molecule has 0 radical (unpaired) electrons. The standard InChI is InChI=1S/C20H13N4O9S3.2Na.O3S/c25-34(26,27)12-8-14-18(16(9-12)36(31,32)33)24-20(22-14)11-6-4-10(5-7-11)19-21-13-2-1-3-15(17(13)23-19)35(28,29)30;;;1-4(2)3/h2-9H,(H,21,23)(H,22,24)(H,25,26,27)(H,28,29,30)(H,31,32,33);;;/q-1;2*+1;/p-1. The van der Waals surface area contributed by atoms with Crippen molar-refractivity contribution in [3.05, 3.63) is 54.6 Å². The Hall–Kier alpha value is -2.05. The molecule has 2 aromatic heterocycles. The fourth-order valence-electron chi connectivity index (χ4n) is 3.61. The summed E-state index contributed by atoms with van der Waals surface area (Å²) in [5, 5.41) is 0. The smallest absolute Gasteiger partial charge is 0.744 e. The topological polar surface area (TPSA) is 275 Å². The van der Waals surface area contributed by atoms with Crippen LogP contribution in [0.5, 0.6) is 0 Å². The molecular weight excluding hydrogens is 662 g/mol. The summed E-state index contributed by atoms with van der Waals surface area (Å²) in [5.41, 5.74) is 0.912. The third-order valence-corrected chi connectivity index (χ3v) is 7.76. The Bertz CT molecular complexity index is 2240. The van der Waals surface area contributed by atoms with Gasteiger partial charge in [0.15, 0.2) is 0 Å². The third-order valence-electron chi connectivity index (χ3n) is 5.21. The summed E-state index contributed by atoms with van der Waals surface area (Å²) < 4.78 is 125. The van der Waals surface area contributed by atoms with E-state index < -0.39 is 55.6 Å². The molecule has 4 N–H and O–H groups in total. The van der Waals surface area contributed by atoms with E-state index in [0.29, 0.717) is 22.7 Å². The van der Waals surface area contributed by atoms with Gasteiger partial charge in [-0.05, 0) is 17.6 Å². The number of imidazole rings is 2. The van der Waals surface area contributed by atoms with E-state index in [4.69, 9.17) is 12.6 Å². The van der Waals surface area contributed by atoms with Gasteiger partial charge in [-0.2, -0.15) is 26.6 Å². The Balaban J connectivity index is 0.000000967. The van der Waals surface area contributed by atoms with Crippen molar-refractivity contribution in [1.82, 2.24) is 19.9 Å². The van der Waals surface area contributed by atoms with E-state index in [1.54, 1.807) is 24.3 Å². The summed E-state index contributed by atoms with van der Waals surface area (Å²) >= 11 is 0. The van der Waals surface area contributed by atoms with E-state index in [2.05, 4.69) is 26.0 Å². The van der Waals surface area contributed by atoms with Crippen LogP contribution in [0.25, 0.3) is 44.8 Å². The second-order valence-corrected chi connectivity index (χ2v) is 12.3. The maximum absolute atomic E-state index is 11.8. The molecule has 3 aromatic carbocycles. The Labute approximate surface area is 282 Å². The average Bonchev–Trinajstić information content (AvgIpc) is 3.45. The zero-order chi connectivity index (χ0) is 29.6. The molecule has 0 bridgehead atoms. The number of benzene rings is 3. The minimum Gasteiger partial charge on any atom is -0.744 e. The van der Waals surface area contributed by atoms with E-state index >= 15 is 0 Å². The monoisotopic (exact) mass is 674 g/mol. The first-order chi connectivity index (χ1) is 18.4. The van der Waals surface area contributed by atoms with Crippen LogP contribution in [-0.4, -0.2) is 71.5 Å². The zero-order valence-electron chi connectivity index (χ0n) is 21.1. The van der Waals surface area contributed by atoms with Crippen LogP contribution in [0.4, 0.5) is 0 Å². The summed E-state index contributed by atoms with van der Waals surface area (Å²) in [6.45, 7) is 0. The normalized spacial score (nSPS) is 11.7. The Morgan fingerprint density at radius 2 is 1.14 bits per heavy atom. The molecule has 0 fully saturated rings. The van der Waals surface area contributed by atoms with Crippen LogP contribution in [0, 0.1) is 6.07 Å². The quantitative estimate of drug-likeness (QED) is 0.0772. The molecule has 5 aromatic rings. The molecule has 16 nitrogen and oxygen atoms in total. The molecule has 210 valence electrons. The van der Waals surface area contributed by atoms with E-state index in [9.17, 15) is 38.9 Å². The first kappa shape index (κ1) is 36.1. The number of H-pyrrole nitrogens is 2.